The molecule has 2 rings (SSSR count). The average Bonchev–Trinajstić information content (AvgIpc) is 2.73. The van der Waals surface area contributed by atoms with Gasteiger partial charge < -0.3 is 15.6 Å². The van der Waals surface area contributed by atoms with E-state index in [1.807, 2.05) is 18.7 Å². The van der Waals surface area contributed by atoms with Crippen molar-refractivity contribution in [2.24, 2.45) is 18.7 Å². The molecule has 0 saturated heterocycles. The Morgan fingerprint density at radius 3 is 2.53 bits per heavy atom. The molecule has 96 valence electrons. The summed E-state index contributed by atoms with van der Waals surface area (Å²) in [7, 11) is 3.88. The summed E-state index contributed by atoms with van der Waals surface area (Å²) in [5, 5.41) is 11.6. The Labute approximate surface area is 103 Å². The van der Waals surface area contributed by atoms with Gasteiger partial charge in [0.1, 0.15) is 5.82 Å². The highest BCUT2D eigenvalue weighted by Crippen LogP contribution is 2.40. The van der Waals surface area contributed by atoms with Crippen molar-refractivity contribution in [1.29, 1.82) is 0 Å². The zero-order valence-electron chi connectivity index (χ0n) is 11.0. The van der Waals surface area contributed by atoms with E-state index in [1.165, 1.54) is 12.8 Å². The van der Waals surface area contributed by atoms with Crippen molar-refractivity contribution in [1.82, 2.24) is 14.8 Å². The van der Waals surface area contributed by atoms with Crippen LogP contribution in [0.15, 0.2) is 0 Å². The summed E-state index contributed by atoms with van der Waals surface area (Å²) in [6, 6.07) is 0. The van der Waals surface area contributed by atoms with Gasteiger partial charge in [0, 0.05) is 26.1 Å². The van der Waals surface area contributed by atoms with Gasteiger partial charge in [-0.25, -0.2) is 0 Å². The molecule has 17 heavy (non-hydrogen) atoms. The number of aromatic nitrogens is 3. The highest BCUT2D eigenvalue weighted by atomic mass is 15.3. The molecule has 3 N–H and O–H groups in total. The molecule has 0 bridgehead atoms. The van der Waals surface area contributed by atoms with E-state index in [0.29, 0.717) is 6.54 Å². The van der Waals surface area contributed by atoms with Crippen molar-refractivity contribution in [3.63, 3.8) is 0 Å². The lowest BCUT2D eigenvalue weighted by atomic mass is 9.70. The molecule has 1 aromatic heterocycles. The number of hydrogen-bond donors (Lipinski definition) is 2. The minimum atomic E-state index is 0.0311. The van der Waals surface area contributed by atoms with Crippen molar-refractivity contribution < 1.29 is 0 Å². The first-order chi connectivity index (χ1) is 8.13. The standard InChI is InChI=1S/C12H23N5/c1-9-4-6-12(8-13,7-5-9)10-15-16-11(14-2)17(10)3/h9H,4-8,13H2,1-3H3,(H,14,16). The Morgan fingerprint density at radius 1 is 1.41 bits per heavy atom. The molecule has 0 atom stereocenters. The summed E-state index contributed by atoms with van der Waals surface area (Å²) in [5.41, 5.74) is 6.06. The first-order valence-corrected chi connectivity index (χ1v) is 6.40. The zero-order chi connectivity index (χ0) is 12.5. The van der Waals surface area contributed by atoms with Gasteiger partial charge in [-0.15, -0.1) is 10.2 Å². The number of nitrogens with two attached hydrogens (primary N) is 1. The van der Waals surface area contributed by atoms with Crippen LogP contribution in [0.5, 0.6) is 0 Å². The third kappa shape index (κ3) is 2.04. The first-order valence-electron chi connectivity index (χ1n) is 6.40. The highest BCUT2D eigenvalue weighted by Gasteiger charge is 2.38. The number of hydrogen-bond acceptors (Lipinski definition) is 4. The third-order valence-electron chi connectivity index (χ3n) is 4.19. The quantitative estimate of drug-likeness (QED) is 0.830. The van der Waals surface area contributed by atoms with Gasteiger partial charge in [-0.2, -0.15) is 0 Å². The van der Waals surface area contributed by atoms with Crippen LogP contribution in [0.3, 0.4) is 0 Å². The van der Waals surface area contributed by atoms with Gasteiger partial charge in [-0.1, -0.05) is 6.92 Å². The lowest BCUT2D eigenvalue weighted by Gasteiger charge is -2.37. The second kappa shape index (κ2) is 4.64. The molecular formula is C12H23N5. The molecule has 5 nitrogen and oxygen atoms in total. The van der Waals surface area contributed by atoms with Crippen LogP contribution in [0.2, 0.25) is 0 Å². The van der Waals surface area contributed by atoms with E-state index >= 15 is 0 Å². The van der Waals surface area contributed by atoms with E-state index in [0.717, 1.165) is 30.5 Å². The molecule has 1 aromatic rings. The smallest absolute Gasteiger partial charge is 0.224 e. The van der Waals surface area contributed by atoms with Gasteiger partial charge in [-0.05, 0) is 31.6 Å². The Morgan fingerprint density at radius 2 is 2.06 bits per heavy atom. The summed E-state index contributed by atoms with van der Waals surface area (Å²) in [4.78, 5) is 0. The maximum absolute atomic E-state index is 6.03. The van der Waals surface area contributed by atoms with Gasteiger partial charge >= 0.3 is 0 Å². The van der Waals surface area contributed by atoms with Crippen molar-refractivity contribution in [3.8, 4) is 0 Å². The maximum Gasteiger partial charge on any atom is 0.224 e. The van der Waals surface area contributed by atoms with Gasteiger partial charge in [0.15, 0.2) is 0 Å². The molecule has 0 unspecified atom stereocenters. The molecule has 0 amide bonds. The molecule has 1 heterocycles. The van der Waals surface area contributed by atoms with E-state index in [4.69, 9.17) is 5.73 Å². The molecule has 5 heteroatoms. The normalized spacial score (nSPS) is 29.3. The molecule has 1 fully saturated rings. The first kappa shape index (κ1) is 12.4. The summed E-state index contributed by atoms with van der Waals surface area (Å²) in [6.45, 7) is 2.98. The molecule has 1 aliphatic carbocycles. The van der Waals surface area contributed by atoms with Crippen molar-refractivity contribution in [2.75, 3.05) is 18.9 Å². The predicted molar refractivity (Wildman–Crippen MR) is 68.9 cm³/mol. The predicted octanol–water partition coefficient (Wildman–Crippen LogP) is 1.26. The molecule has 0 spiro atoms. The molecule has 0 aliphatic heterocycles. The number of anilines is 1. The third-order valence-corrected chi connectivity index (χ3v) is 4.19. The minimum Gasteiger partial charge on any atom is -0.357 e. The number of nitrogens with zero attached hydrogens (tertiary/aromatic N) is 3. The van der Waals surface area contributed by atoms with Crippen LogP contribution in [0.4, 0.5) is 5.95 Å². The fourth-order valence-electron chi connectivity index (χ4n) is 2.84. The number of rotatable bonds is 3. The van der Waals surface area contributed by atoms with Crippen molar-refractivity contribution >= 4 is 5.95 Å². The fraction of sp³-hybridized carbons (Fsp3) is 0.833. The van der Waals surface area contributed by atoms with Crippen LogP contribution in [0, 0.1) is 5.92 Å². The molecule has 1 saturated carbocycles. The molecule has 0 radical (unpaired) electrons. The lowest BCUT2D eigenvalue weighted by Crippen LogP contribution is -2.40. The minimum absolute atomic E-state index is 0.0311. The topological polar surface area (TPSA) is 68.8 Å². The lowest BCUT2D eigenvalue weighted by molar-refractivity contribution is 0.232. The van der Waals surface area contributed by atoms with Crippen molar-refractivity contribution in [2.45, 2.75) is 38.0 Å². The zero-order valence-corrected chi connectivity index (χ0v) is 11.0. The van der Waals surface area contributed by atoms with Gasteiger partial charge in [0.2, 0.25) is 5.95 Å². The van der Waals surface area contributed by atoms with Crippen LogP contribution in [-0.4, -0.2) is 28.4 Å². The second-order valence-electron chi connectivity index (χ2n) is 5.32. The summed E-state index contributed by atoms with van der Waals surface area (Å²) in [5.74, 6) is 2.66. The fourth-order valence-corrected chi connectivity index (χ4v) is 2.84. The van der Waals surface area contributed by atoms with E-state index in [1.54, 1.807) is 0 Å². The Kier molecular flexibility index (Phi) is 3.38. The monoisotopic (exact) mass is 237 g/mol. The Hall–Kier alpha value is -1.10. The molecule has 0 aromatic carbocycles. The van der Waals surface area contributed by atoms with E-state index in [-0.39, 0.29) is 5.41 Å². The largest absolute Gasteiger partial charge is 0.357 e. The Bertz CT molecular complexity index is 376. The van der Waals surface area contributed by atoms with Gasteiger partial charge in [-0.3, -0.25) is 0 Å². The summed E-state index contributed by atoms with van der Waals surface area (Å²) in [6.07, 6.45) is 4.72. The molecule has 1 aliphatic rings. The maximum atomic E-state index is 6.03. The van der Waals surface area contributed by atoms with E-state index in [2.05, 4.69) is 22.4 Å². The SMILES string of the molecule is CNc1nnc(C2(CN)CCC(C)CC2)n1C. The van der Waals surface area contributed by atoms with Crippen LogP contribution in [-0.2, 0) is 12.5 Å². The Balaban J connectivity index is 2.31. The average molecular weight is 237 g/mol. The summed E-state index contributed by atoms with van der Waals surface area (Å²) < 4.78 is 2.04. The van der Waals surface area contributed by atoms with Crippen LogP contribution >= 0.6 is 0 Å². The van der Waals surface area contributed by atoms with E-state index in [9.17, 15) is 0 Å². The van der Waals surface area contributed by atoms with Crippen LogP contribution in [0.25, 0.3) is 0 Å². The highest BCUT2D eigenvalue weighted by molar-refractivity contribution is 5.27. The number of nitrogens with one attached hydrogen (secondary N) is 1. The van der Waals surface area contributed by atoms with Crippen LogP contribution in [0.1, 0.15) is 38.4 Å². The van der Waals surface area contributed by atoms with E-state index < -0.39 is 0 Å². The summed E-state index contributed by atoms with van der Waals surface area (Å²) >= 11 is 0. The second-order valence-corrected chi connectivity index (χ2v) is 5.32. The van der Waals surface area contributed by atoms with Gasteiger partial charge in [0.25, 0.3) is 0 Å². The molecular weight excluding hydrogens is 214 g/mol. The van der Waals surface area contributed by atoms with Crippen LogP contribution < -0.4 is 11.1 Å². The van der Waals surface area contributed by atoms with Crippen molar-refractivity contribution in [3.05, 3.63) is 5.82 Å². The van der Waals surface area contributed by atoms with Gasteiger partial charge in [0.05, 0.1) is 0 Å².